The van der Waals surface area contributed by atoms with Crippen molar-refractivity contribution < 1.29 is 4.39 Å². The Balaban J connectivity index is 1.68. The summed E-state index contributed by atoms with van der Waals surface area (Å²) < 4.78 is 17.4. The van der Waals surface area contributed by atoms with Crippen molar-refractivity contribution in [2.45, 2.75) is 0 Å². The molecule has 0 radical (unpaired) electrons. The second kappa shape index (κ2) is 6.83. The van der Waals surface area contributed by atoms with Gasteiger partial charge in [0.15, 0.2) is 0 Å². The van der Waals surface area contributed by atoms with E-state index in [-0.39, 0.29) is 5.02 Å². The molecule has 0 saturated heterocycles. The van der Waals surface area contributed by atoms with E-state index >= 15 is 0 Å². The Morgan fingerprint density at radius 2 is 1.86 bits per heavy atom. The Labute approximate surface area is 171 Å². The van der Waals surface area contributed by atoms with Crippen LogP contribution in [-0.2, 0) is 7.05 Å². The smallest absolute Gasteiger partial charge is 0.141 e. The minimum atomic E-state index is -0.451. The van der Waals surface area contributed by atoms with Crippen molar-refractivity contribution >= 4 is 17.2 Å². The van der Waals surface area contributed by atoms with Crippen molar-refractivity contribution in [1.82, 2.24) is 24.1 Å². The molecule has 0 aliphatic heterocycles. The van der Waals surface area contributed by atoms with Gasteiger partial charge in [0.2, 0.25) is 0 Å². The SMILES string of the molecule is Cn1ccc(-c2cnc3ccc(-c4cccnc4-c4ccc(F)c(Cl)c4)cn23)n1. The van der Waals surface area contributed by atoms with Crippen LogP contribution in [0.1, 0.15) is 0 Å². The zero-order valence-corrected chi connectivity index (χ0v) is 16.2. The molecule has 142 valence electrons. The third-order valence-corrected chi connectivity index (χ3v) is 5.08. The van der Waals surface area contributed by atoms with Crippen LogP contribution in [-0.4, -0.2) is 24.1 Å². The molecule has 0 aliphatic carbocycles. The van der Waals surface area contributed by atoms with Crippen LogP contribution >= 0.6 is 11.6 Å². The molecule has 4 aromatic heterocycles. The third-order valence-electron chi connectivity index (χ3n) is 4.79. The number of hydrogen-bond donors (Lipinski definition) is 0. The second-order valence-corrected chi connectivity index (χ2v) is 7.10. The summed E-state index contributed by atoms with van der Waals surface area (Å²) in [5.74, 6) is -0.451. The Morgan fingerprint density at radius 1 is 1.00 bits per heavy atom. The van der Waals surface area contributed by atoms with Gasteiger partial charge in [-0.2, -0.15) is 5.10 Å². The van der Waals surface area contributed by atoms with Crippen molar-refractivity contribution in [1.29, 1.82) is 0 Å². The van der Waals surface area contributed by atoms with Crippen LogP contribution in [0.25, 0.3) is 39.4 Å². The minimum absolute atomic E-state index is 0.0709. The largest absolute Gasteiger partial charge is 0.298 e. The molecule has 5 aromatic rings. The quantitative estimate of drug-likeness (QED) is 0.413. The Kier molecular flexibility index (Phi) is 4.14. The Morgan fingerprint density at radius 3 is 2.66 bits per heavy atom. The summed E-state index contributed by atoms with van der Waals surface area (Å²) in [4.78, 5) is 9.01. The topological polar surface area (TPSA) is 48.0 Å². The predicted molar refractivity (Wildman–Crippen MR) is 111 cm³/mol. The van der Waals surface area contributed by atoms with Gasteiger partial charge in [-0.25, -0.2) is 9.37 Å². The summed E-state index contributed by atoms with van der Waals surface area (Å²) >= 11 is 5.99. The fourth-order valence-electron chi connectivity index (χ4n) is 3.39. The van der Waals surface area contributed by atoms with Crippen LogP contribution in [0.4, 0.5) is 4.39 Å². The summed E-state index contributed by atoms with van der Waals surface area (Å²) in [6, 6.07) is 14.4. The van der Waals surface area contributed by atoms with Gasteiger partial charge in [0.1, 0.15) is 17.2 Å². The monoisotopic (exact) mass is 403 g/mol. The van der Waals surface area contributed by atoms with Gasteiger partial charge in [-0.15, -0.1) is 0 Å². The van der Waals surface area contributed by atoms with Crippen LogP contribution in [0.3, 0.4) is 0 Å². The first-order valence-electron chi connectivity index (χ1n) is 8.98. The molecule has 29 heavy (non-hydrogen) atoms. The molecule has 0 amide bonds. The minimum Gasteiger partial charge on any atom is -0.298 e. The number of aromatic nitrogens is 5. The first-order chi connectivity index (χ1) is 14.1. The predicted octanol–water partition coefficient (Wildman–Crippen LogP) is 5.26. The molecule has 1 aromatic carbocycles. The standard InChI is InChI=1S/C22H15ClFN5/c1-28-10-8-19(27-28)20-12-26-21-7-5-15(13-29(20)21)16-3-2-9-25-22(16)14-4-6-18(24)17(23)11-14/h2-13H,1H3. The van der Waals surface area contributed by atoms with Crippen LogP contribution in [0, 0.1) is 5.82 Å². The zero-order chi connectivity index (χ0) is 20.0. The fraction of sp³-hybridized carbons (Fsp3) is 0.0455. The van der Waals surface area contributed by atoms with E-state index in [9.17, 15) is 4.39 Å². The maximum Gasteiger partial charge on any atom is 0.141 e. The third kappa shape index (κ3) is 3.07. The van der Waals surface area contributed by atoms with Crippen molar-refractivity contribution in [3.05, 3.63) is 84.2 Å². The first-order valence-corrected chi connectivity index (χ1v) is 9.36. The van der Waals surface area contributed by atoms with Crippen molar-refractivity contribution in [2.24, 2.45) is 7.05 Å². The van der Waals surface area contributed by atoms with Gasteiger partial charge in [0, 0.05) is 42.3 Å². The molecule has 0 fully saturated rings. The number of nitrogens with zero attached hydrogens (tertiary/aromatic N) is 5. The Hall–Kier alpha value is -3.51. The lowest BCUT2D eigenvalue weighted by atomic mass is 10.0. The average Bonchev–Trinajstić information content (AvgIpc) is 3.35. The summed E-state index contributed by atoms with van der Waals surface area (Å²) in [7, 11) is 1.88. The molecular weight excluding hydrogens is 389 g/mol. The number of halogens is 2. The van der Waals surface area contributed by atoms with Gasteiger partial charge in [-0.1, -0.05) is 17.7 Å². The van der Waals surface area contributed by atoms with E-state index in [1.807, 2.05) is 60.4 Å². The maximum absolute atomic E-state index is 13.6. The van der Waals surface area contributed by atoms with Crippen LogP contribution in [0.2, 0.25) is 5.02 Å². The average molecular weight is 404 g/mol. The van der Waals surface area contributed by atoms with E-state index in [1.54, 1.807) is 23.0 Å². The molecule has 0 unspecified atom stereocenters. The van der Waals surface area contributed by atoms with Crippen molar-refractivity contribution in [3.63, 3.8) is 0 Å². The molecule has 0 atom stereocenters. The van der Waals surface area contributed by atoms with Crippen LogP contribution in [0.15, 0.2) is 73.3 Å². The highest BCUT2D eigenvalue weighted by Gasteiger charge is 2.13. The fourth-order valence-corrected chi connectivity index (χ4v) is 3.57. The van der Waals surface area contributed by atoms with Gasteiger partial charge in [0.25, 0.3) is 0 Å². The van der Waals surface area contributed by atoms with Crippen LogP contribution < -0.4 is 0 Å². The number of fused-ring (bicyclic) bond motifs is 1. The Bertz CT molecular complexity index is 1350. The highest BCUT2D eigenvalue weighted by atomic mass is 35.5. The van der Waals surface area contributed by atoms with Gasteiger partial charge < -0.3 is 0 Å². The first kappa shape index (κ1) is 17.6. The number of pyridine rings is 2. The number of imidazole rings is 1. The van der Waals surface area contributed by atoms with Crippen molar-refractivity contribution in [2.75, 3.05) is 0 Å². The highest BCUT2D eigenvalue weighted by molar-refractivity contribution is 6.31. The summed E-state index contributed by atoms with van der Waals surface area (Å²) in [6.45, 7) is 0. The number of aryl methyl sites for hydroxylation is 1. The van der Waals surface area contributed by atoms with E-state index in [4.69, 9.17) is 11.6 Å². The molecule has 0 saturated carbocycles. The van der Waals surface area contributed by atoms with Gasteiger partial charge in [-0.05, 0) is 42.5 Å². The van der Waals surface area contributed by atoms with E-state index in [1.165, 1.54) is 6.07 Å². The van der Waals surface area contributed by atoms with Gasteiger partial charge >= 0.3 is 0 Å². The normalized spacial score (nSPS) is 11.3. The number of hydrogen-bond acceptors (Lipinski definition) is 3. The highest BCUT2D eigenvalue weighted by Crippen LogP contribution is 2.33. The second-order valence-electron chi connectivity index (χ2n) is 6.69. The van der Waals surface area contributed by atoms with E-state index < -0.39 is 5.82 Å². The molecule has 5 nitrogen and oxygen atoms in total. The molecule has 5 rings (SSSR count). The maximum atomic E-state index is 13.6. The summed E-state index contributed by atoms with van der Waals surface area (Å²) in [5.41, 5.74) is 5.92. The van der Waals surface area contributed by atoms with Gasteiger partial charge in [0.05, 0.1) is 22.6 Å². The lowest BCUT2D eigenvalue weighted by Gasteiger charge is -2.10. The van der Waals surface area contributed by atoms with E-state index in [0.717, 1.165) is 39.4 Å². The lowest BCUT2D eigenvalue weighted by Crippen LogP contribution is -1.94. The van der Waals surface area contributed by atoms with E-state index in [2.05, 4.69) is 15.1 Å². The molecule has 7 heteroatoms. The summed E-state index contributed by atoms with van der Waals surface area (Å²) in [6.07, 6.45) is 7.44. The zero-order valence-electron chi connectivity index (χ0n) is 15.4. The molecule has 4 heterocycles. The van der Waals surface area contributed by atoms with Crippen LogP contribution in [0.5, 0.6) is 0 Å². The van der Waals surface area contributed by atoms with Gasteiger partial charge in [-0.3, -0.25) is 14.1 Å². The molecule has 0 N–H and O–H groups in total. The molecule has 0 spiro atoms. The number of rotatable bonds is 3. The number of benzene rings is 1. The van der Waals surface area contributed by atoms with E-state index in [0.29, 0.717) is 0 Å². The molecule has 0 aliphatic rings. The lowest BCUT2D eigenvalue weighted by molar-refractivity contribution is 0.628. The summed E-state index contributed by atoms with van der Waals surface area (Å²) in [5, 5.41) is 4.55. The van der Waals surface area contributed by atoms with Crippen molar-refractivity contribution in [3.8, 4) is 33.8 Å². The molecule has 0 bridgehead atoms. The molecular formula is C22H15ClFN5.